The Morgan fingerprint density at radius 3 is 2.69 bits per heavy atom. The quantitative estimate of drug-likeness (QED) is 0.831. The molecule has 0 saturated carbocycles. The maximum Gasteiger partial charge on any atom is 0.336 e. The fourth-order valence-corrected chi connectivity index (χ4v) is 3.78. The standard InChI is InChI=1S/C21H24FNO3/c1-5-26-20(25)16-12(2)23-15-10-11-21(3,4)19(24)18(15)17(16)13-8-6-7-9-14(13)22/h6-9,17,23H,5,10-11H2,1-4H3/t17-/m1/s1. The normalized spacial score (nSPS) is 22.0. The lowest BCUT2D eigenvalue weighted by Crippen LogP contribution is -2.40. The number of halogens is 1. The smallest absolute Gasteiger partial charge is 0.336 e. The molecule has 0 aromatic heterocycles. The molecule has 138 valence electrons. The number of rotatable bonds is 3. The third kappa shape index (κ3) is 2.96. The van der Waals surface area contributed by atoms with Crippen LogP contribution in [0.3, 0.4) is 0 Å². The Morgan fingerprint density at radius 2 is 2.04 bits per heavy atom. The molecule has 0 saturated heterocycles. The summed E-state index contributed by atoms with van der Waals surface area (Å²) in [6, 6.07) is 6.31. The molecule has 2 aliphatic rings. The van der Waals surface area contributed by atoms with E-state index < -0.39 is 23.1 Å². The van der Waals surface area contributed by atoms with Crippen molar-refractivity contribution in [2.45, 2.75) is 46.5 Å². The van der Waals surface area contributed by atoms with Gasteiger partial charge in [-0.2, -0.15) is 0 Å². The van der Waals surface area contributed by atoms with Crippen molar-refractivity contribution in [3.63, 3.8) is 0 Å². The predicted molar refractivity (Wildman–Crippen MR) is 96.7 cm³/mol. The fourth-order valence-electron chi connectivity index (χ4n) is 3.78. The zero-order valence-corrected chi connectivity index (χ0v) is 15.6. The van der Waals surface area contributed by atoms with E-state index in [-0.39, 0.29) is 12.4 Å². The predicted octanol–water partition coefficient (Wildman–Crippen LogP) is 3.99. The van der Waals surface area contributed by atoms with Gasteiger partial charge in [0.1, 0.15) is 5.82 Å². The Balaban J connectivity index is 2.23. The molecular weight excluding hydrogens is 333 g/mol. The number of hydrogen-bond acceptors (Lipinski definition) is 4. The van der Waals surface area contributed by atoms with Crippen LogP contribution in [-0.2, 0) is 14.3 Å². The summed E-state index contributed by atoms with van der Waals surface area (Å²) in [4.78, 5) is 25.9. The summed E-state index contributed by atoms with van der Waals surface area (Å²) in [5, 5.41) is 3.21. The number of carbonyl (C=O) groups excluding carboxylic acids is 2. The van der Waals surface area contributed by atoms with E-state index in [4.69, 9.17) is 4.74 Å². The number of benzene rings is 1. The molecule has 1 atom stereocenters. The number of nitrogens with one attached hydrogen (secondary N) is 1. The van der Waals surface area contributed by atoms with Crippen molar-refractivity contribution in [3.8, 4) is 0 Å². The number of Topliss-reactive ketones (excluding diaryl/α,β-unsaturated/α-hetero) is 1. The van der Waals surface area contributed by atoms with Crippen molar-refractivity contribution in [2.75, 3.05) is 6.61 Å². The van der Waals surface area contributed by atoms with Crippen molar-refractivity contribution in [3.05, 3.63) is 58.2 Å². The molecule has 5 heteroatoms. The molecule has 0 fully saturated rings. The van der Waals surface area contributed by atoms with E-state index in [2.05, 4.69) is 5.32 Å². The van der Waals surface area contributed by atoms with E-state index in [0.29, 0.717) is 35.2 Å². The van der Waals surface area contributed by atoms with Crippen LogP contribution in [0.25, 0.3) is 0 Å². The maximum atomic E-state index is 14.7. The van der Waals surface area contributed by atoms with Crippen LogP contribution in [0.5, 0.6) is 0 Å². The Kier molecular flexibility index (Phi) is 4.74. The van der Waals surface area contributed by atoms with Gasteiger partial charge in [0.05, 0.1) is 18.1 Å². The minimum atomic E-state index is -0.751. The highest BCUT2D eigenvalue weighted by Gasteiger charge is 2.45. The van der Waals surface area contributed by atoms with Gasteiger partial charge in [0.15, 0.2) is 5.78 Å². The number of allylic oxidation sites excluding steroid dienone is 3. The van der Waals surface area contributed by atoms with Gasteiger partial charge in [0.25, 0.3) is 0 Å². The number of ether oxygens (including phenoxy) is 1. The molecule has 26 heavy (non-hydrogen) atoms. The lowest BCUT2D eigenvalue weighted by Gasteiger charge is -2.39. The molecule has 1 aliphatic carbocycles. The molecule has 0 unspecified atom stereocenters. The summed E-state index contributed by atoms with van der Waals surface area (Å²) >= 11 is 0. The number of dihydropyridines is 1. The molecule has 0 bridgehead atoms. The Morgan fingerprint density at radius 1 is 1.35 bits per heavy atom. The topological polar surface area (TPSA) is 55.4 Å². The van der Waals surface area contributed by atoms with Gasteiger partial charge in [-0.3, -0.25) is 4.79 Å². The molecular formula is C21H24FNO3. The largest absolute Gasteiger partial charge is 0.463 e. The van der Waals surface area contributed by atoms with Gasteiger partial charge in [-0.25, -0.2) is 9.18 Å². The van der Waals surface area contributed by atoms with Gasteiger partial charge in [-0.05, 0) is 32.8 Å². The van der Waals surface area contributed by atoms with Crippen molar-refractivity contribution < 1.29 is 18.7 Å². The zero-order valence-electron chi connectivity index (χ0n) is 15.6. The molecule has 1 aliphatic heterocycles. The van der Waals surface area contributed by atoms with Crippen LogP contribution >= 0.6 is 0 Å². The van der Waals surface area contributed by atoms with E-state index in [1.165, 1.54) is 6.07 Å². The van der Waals surface area contributed by atoms with Gasteiger partial charge in [-0.1, -0.05) is 32.0 Å². The Bertz CT molecular complexity index is 835. The van der Waals surface area contributed by atoms with Crippen LogP contribution in [0, 0.1) is 11.2 Å². The summed E-state index contributed by atoms with van der Waals surface area (Å²) in [6.07, 6.45) is 1.40. The van der Waals surface area contributed by atoms with Crippen LogP contribution in [-0.4, -0.2) is 18.4 Å². The number of ketones is 1. The maximum absolute atomic E-state index is 14.7. The molecule has 1 N–H and O–H groups in total. The average molecular weight is 357 g/mol. The molecule has 0 spiro atoms. The van der Waals surface area contributed by atoms with Gasteiger partial charge in [-0.15, -0.1) is 0 Å². The first-order chi connectivity index (χ1) is 12.3. The van der Waals surface area contributed by atoms with Crippen LogP contribution in [0.15, 0.2) is 46.8 Å². The molecule has 1 heterocycles. The van der Waals surface area contributed by atoms with Crippen LogP contribution in [0.4, 0.5) is 4.39 Å². The summed E-state index contributed by atoms with van der Waals surface area (Å²) in [6.45, 7) is 7.50. The van der Waals surface area contributed by atoms with E-state index in [0.717, 1.165) is 5.70 Å². The van der Waals surface area contributed by atoms with Gasteiger partial charge in [0, 0.05) is 27.9 Å². The third-order valence-electron chi connectivity index (χ3n) is 5.22. The molecule has 1 aromatic carbocycles. The van der Waals surface area contributed by atoms with Crippen molar-refractivity contribution in [1.82, 2.24) is 5.32 Å². The van der Waals surface area contributed by atoms with Crippen molar-refractivity contribution >= 4 is 11.8 Å². The monoisotopic (exact) mass is 357 g/mol. The molecule has 4 nitrogen and oxygen atoms in total. The van der Waals surface area contributed by atoms with Crippen molar-refractivity contribution in [1.29, 1.82) is 0 Å². The lowest BCUT2D eigenvalue weighted by atomic mass is 9.67. The summed E-state index contributed by atoms with van der Waals surface area (Å²) in [7, 11) is 0. The van der Waals surface area contributed by atoms with E-state index in [1.807, 2.05) is 13.8 Å². The van der Waals surface area contributed by atoms with E-state index in [9.17, 15) is 14.0 Å². The first-order valence-electron chi connectivity index (χ1n) is 8.95. The van der Waals surface area contributed by atoms with Crippen molar-refractivity contribution in [2.24, 2.45) is 5.41 Å². The highest BCUT2D eigenvalue weighted by molar-refractivity contribution is 6.06. The van der Waals surface area contributed by atoms with Gasteiger partial charge >= 0.3 is 5.97 Å². The summed E-state index contributed by atoms with van der Waals surface area (Å²) in [5.41, 5.74) is 1.97. The molecule has 0 amide bonds. The molecule has 3 rings (SSSR count). The fraction of sp³-hybridized carbons (Fsp3) is 0.429. The molecule has 0 radical (unpaired) electrons. The number of carbonyl (C=O) groups is 2. The minimum absolute atomic E-state index is 0.0474. The third-order valence-corrected chi connectivity index (χ3v) is 5.22. The zero-order chi connectivity index (χ0) is 19.1. The summed E-state index contributed by atoms with van der Waals surface area (Å²) < 4.78 is 19.9. The average Bonchev–Trinajstić information content (AvgIpc) is 2.58. The second-order valence-corrected chi connectivity index (χ2v) is 7.44. The van der Waals surface area contributed by atoms with Crippen LogP contribution in [0.2, 0.25) is 0 Å². The van der Waals surface area contributed by atoms with Crippen LogP contribution in [0.1, 0.15) is 52.0 Å². The highest BCUT2D eigenvalue weighted by Crippen LogP contribution is 2.47. The molecule has 1 aromatic rings. The van der Waals surface area contributed by atoms with Gasteiger partial charge in [0.2, 0.25) is 0 Å². The second kappa shape index (κ2) is 6.71. The minimum Gasteiger partial charge on any atom is -0.463 e. The summed E-state index contributed by atoms with van der Waals surface area (Å²) in [5.74, 6) is -1.75. The second-order valence-electron chi connectivity index (χ2n) is 7.44. The Hall–Kier alpha value is -2.43. The number of esters is 1. The van der Waals surface area contributed by atoms with Gasteiger partial charge < -0.3 is 10.1 Å². The SMILES string of the molecule is CCOC(=O)C1=C(C)NC2=C(C(=O)C(C)(C)CC2)[C@@H]1c1ccccc1F. The first-order valence-corrected chi connectivity index (χ1v) is 8.95. The van der Waals surface area contributed by atoms with E-state index >= 15 is 0 Å². The van der Waals surface area contributed by atoms with E-state index in [1.54, 1.807) is 32.0 Å². The highest BCUT2D eigenvalue weighted by atomic mass is 19.1. The Labute approximate surface area is 153 Å². The lowest BCUT2D eigenvalue weighted by molar-refractivity contribution is -0.138. The first kappa shape index (κ1) is 18.4. The van der Waals surface area contributed by atoms with Crippen LogP contribution < -0.4 is 5.32 Å². The number of hydrogen-bond donors (Lipinski definition) is 1.